The monoisotopic (exact) mass is 509 g/mol. The van der Waals surface area contributed by atoms with Gasteiger partial charge in [-0.3, -0.25) is 9.78 Å². The van der Waals surface area contributed by atoms with Gasteiger partial charge in [0.05, 0.1) is 11.9 Å². The lowest BCUT2D eigenvalue weighted by atomic mass is 9.87. The van der Waals surface area contributed by atoms with Crippen molar-refractivity contribution in [2.45, 2.75) is 43.7 Å². The molecular weight excluding hydrogens is 485 g/mol. The second-order valence-electron chi connectivity index (χ2n) is 9.91. The lowest BCUT2D eigenvalue weighted by Gasteiger charge is -2.38. The molecule has 0 saturated carbocycles. The standard InChI is InChI=1S/C27H24FN9O/c28-21-4-2-1-3-19(21)22-8-5-15(12-30-22)20-13-33-37-24(29)11-23(34-26(20)37)16-9-17-6-7-18(10-16)36(17)27(38)25-31-14-32-35-25/h1-5,8,11-14,16-18H,6-7,9-10,29H2,(H,31,32,35). The molecule has 38 heavy (non-hydrogen) atoms. The Morgan fingerprint density at radius 1 is 1.05 bits per heavy atom. The van der Waals surface area contributed by atoms with Crippen molar-refractivity contribution in [3.05, 3.63) is 78.5 Å². The highest BCUT2D eigenvalue weighted by Gasteiger charge is 2.45. The van der Waals surface area contributed by atoms with Crippen LogP contribution in [0.1, 0.15) is 47.9 Å². The first-order valence-electron chi connectivity index (χ1n) is 12.6. The van der Waals surface area contributed by atoms with Gasteiger partial charge in [-0.05, 0) is 43.9 Å². The fourth-order valence-corrected chi connectivity index (χ4v) is 5.98. The van der Waals surface area contributed by atoms with E-state index >= 15 is 0 Å². The molecule has 2 unspecified atom stereocenters. The van der Waals surface area contributed by atoms with Crippen LogP contribution in [0.4, 0.5) is 10.2 Å². The third-order valence-corrected chi connectivity index (χ3v) is 7.75. The van der Waals surface area contributed by atoms with Crippen LogP contribution in [0.2, 0.25) is 0 Å². The number of halogens is 1. The van der Waals surface area contributed by atoms with Gasteiger partial charge >= 0.3 is 0 Å². The number of pyridine rings is 1. The van der Waals surface area contributed by atoms with Gasteiger partial charge in [-0.15, -0.1) is 10.2 Å². The van der Waals surface area contributed by atoms with Crippen molar-refractivity contribution in [3.8, 4) is 22.4 Å². The molecule has 3 N–H and O–H groups in total. The maximum Gasteiger partial charge on any atom is 0.292 e. The molecule has 0 radical (unpaired) electrons. The van der Waals surface area contributed by atoms with E-state index in [9.17, 15) is 9.18 Å². The summed E-state index contributed by atoms with van der Waals surface area (Å²) in [5, 5.41) is 12.1. The van der Waals surface area contributed by atoms with Gasteiger partial charge in [0.25, 0.3) is 5.91 Å². The number of fused-ring (bicyclic) bond motifs is 3. The third kappa shape index (κ3) is 3.61. The van der Waals surface area contributed by atoms with Gasteiger partial charge in [0.1, 0.15) is 18.0 Å². The predicted molar refractivity (Wildman–Crippen MR) is 137 cm³/mol. The van der Waals surface area contributed by atoms with E-state index in [1.165, 1.54) is 12.4 Å². The fraction of sp³-hybridized carbons (Fsp3) is 0.259. The first-order chi connectivity index (χ1) is 18.6. The molecule has 11 heteroatoms. The van der Waals surface area contributed by atoms with E-state index in [2.05, 4.69) is 25.3 Å². The van der Waals surface area contributed by atoms with Gasteiger partial charge in [0, 0.05) is 52.6 Å². The number of hydrogen-bond donors (Lipinski definition) is 2. The van der Waals surface area contributed by atoms with Crippen molar-refractivity contribution in [1.29, 1.82) is 0 Å². The molecule has 4 aromatic heterocycles. The largest absolute Gasteiger partial charge is 0.384 e. The molecular formula is C27H24FN9O. The first-order valence-corrected chi connectivity index (χ1v) is 12.6. The zero-order chi connectivity index (χ0) is 25.8. The number of rotatable bonds is 4. The molecule has 0 spiro atoms. The Labute approximate surface area is 216 Å². The van der Waals surface area contributed by atoms with Gasteiger partial charge < -0.3 is 15.6 Å². The normalized spacial score (nSPS) is 20.8. The minimum absolute atomic E-state index is 0.0965. The van der Waals surface area contributed by atoms with Crippen LogP contribution in [0.25, 0.3) is 28.0 Å². The number of carbonyl (C=O) groups excluding carboxylic acids is 1. The Kier molecular flexibility index (Phi) is 5.17. The van der Waals surface area contributed by atoms with Crippen molar-refractivity contribution in [2.24, 2.45) is 0 Å². The summed E-state index contributed by atoms with van der Waals surface area (Å²) in [5.41, 5.74) is 10.6. The van der Waals surface area contributed by atoms with Gasteiger partial charge in [0.15, 0.2) is 5.65 Å². The summed E-state index contributed by atoms with van der Waals surface area (Å²) in [6.45, 7) is 0. The number of nitrogen functional groups attached to an aromatic ring is 1. The van der Waals surface area contributed by atoms with Crippen molar-refractivity contribution >= 4 is 17.4 Å². The average molecular weight is 510 g/mol. The highest BCUT2D eigenvalue weighted by Crippen LogP contribution is 2.43. The molecule has 2 saturated heterocycles. The summed E-state index contributed by atoms with van der Waals surface area (Å²) >= 11 is 0. The summed E-state index contributed by atoms with van der Waals surface area (Å²) in [7, 11) is 0. The number of aromatic amines is 1. The minimum Gasteiger partial charge on any atom is -0.384 e. The molecule has 190 valence electrons. The van der Waals surface area contributed by atoms with Crippen LogP contribution in [0.3, 0.4) is 0 Å². The summed E-state index contributed by atoms with van der Waals surface area (Å²) < 4.78 is 15.8. The van der Waals surface area contributed by atoms with Crippen LogP contribution >= 0.6 is 0 Å². The number of H-pyrrole nitrogens is 1. The van der Waals surface area contributed by atoms with Gasteiger partial charge in [-0.25, -0.2) is 9.37 Å². The van der Waals surface area contributed by atoms with Crippen LogP contribution in [-0.2, 0) is 0 Å². The Morgan fingerprint density at radius 2 is 1.87 bits per heavy atom. The fourth-order valence-electron chi connectivity index (χ4n) is 5.98. The average Bonchev–Trinajstić information content (AvgIpc) is 3.67. The molecule has 1 amide bonds. The molecule has 0 aliphatic carbocycles. The topological polar surface area (TPSA) is 131 Å². The number of nitrogens with zero attached hydrogens (tertiary/aromatic N) is 7. The highest BCUT2D eigenvalue weighted by molar-refractivity contribution is 5.91. The smallest absolute Gasteiger partial charge is 0.292 e. The number of nitrogens with two attached hydrogens (primary N) is 1. The maximum absolute atomic E-state index is 14.2. The molecule has 1 aromatic carbocycles. The Balaban J connectivity index is 1.19. The Bertz CT molecular complexity index is 1630. The third-order valence-electron chi connectivity index (χ3n) is 7.75. The summed E-state index contributed by atoms with van der Waals surface area (Å²) in [6, 6.07) is 12.4. The summed E-state index contributed by atoms with van der Waals surface area (Å²) in [6.07, 6.45) is 8.38. The van der Waals surface area contributed by atoms with E-state index in [-0.39, 0.29) is 35.6 Å². The molecule has 10 nitrogen and oxygen atoms in total. The maximum atomic E-state index is 14.2. The number of nitrogens with one attached hydrogen (secondary N) is 1. The Hall–Kier alpha value is -4.67. The molecule has 2 aliphatic heterocycles. The van der Waals surface area contributed by atoms with Crippen LogP contribution in [0.5, 0.6) is 0 Å². The Morgan fingerprint density at radius 3 is 2.58 bits per heavy atom. The van der Waals surface area contributed by atoms with Crippen LogP contribution in [0, 0.1) is 5.82 Å². The number of benzene rings is 1. The molecule has 2 bridgehead atoms. The lowest BCUT2D eigenvalue weighted by Crippen LogP contribution is -2.46. The molecule has 6 heterocycles. The molecule has 7 rings (SSSR count). The molecule has 2 aliphatic rings. The van der Waals surface area contributed by atoms with Crippen molar-refractivity contribution in [3.63, 3.8) is 0 Å². The first kappa shape index (κ1) is 22.5. The van der Waals surface area contributed by atoms with E-state index in [1.54, 1.807) is 41.2 Å². The van der Waals surface area contributed by atoms with Crippen molar-refractivity contribution < 1.29 is 9.18 Å². The molecule has 2 atom stereocenters. The lowest BCUT2D eigenvalue weighted by molar-refractivity contribution is 0.0557. The number of piperidine rings is 1. The molecule has 2 fully saturated rings. The van der Waals surface area contributed by atoms with Crippen LogP contribution in [0.15, 0.2) is 61.2 Å². The second-order valence-corrected chi connectivity index (χ2v) is 9.91. The van der Waals surface area contributed by atoms with E-state index in [0.717, 1.165) is 42.5 Å². The zero-order valence-electron chi connectivity index (χ0n) is 20.3. The minimum atomic E-state index is -0.314. The van der Waals surface area contributed by atoms with Gasteiger partial charge in [0.2, 0.25) is 5.82 Å². The summed E-state index contributed by atoms with van der Waals surface area (Å²) in [4.78, 5) is 27.3. The van der Waals surface area contributed by atoms with Crippen molar-refractivity contribution in [1.82, 2.24) is 39.7 Å². The second kappa shape index (κ2) is 8.72. The SMILES string of the molecule is Nc1cc(C2CC3CCC(C2)N3C(=O)c2nnc[nH]2)nc2c(-c3ccc(-c4ccccc4F)nc3)cnn12. The van der Waals surface area contributed by atoms with Gasteiger partial charge in [-0.2, -0.15) is 9.61 Å². The highest BCUT2D eigenvalue weighted by atomic mass is 19.1. The van der Waals surface area contributed by atoms with Crippen molar-refractivity contribution in [2.75, 3.05) is 5.73 Å². The van der Waals surface area contributed by atoms with E-state index < -0.39 is 0 Å². The van der Waals surface area contributed by atoms with Gasteiger partial charge in [-0.1, -0.05) is 18.2 Å². The number of hydrogen-bond acceptors (Lipinski definition) is 7. The number of amides is 1. The van der Waals surface area contributed by atoms with Crippen LogP contribution < -0.4 is 5.73 Å². The van der Waals surface area contributed by atoms with E-state index in [0.29, 0.717) is 22.7 Å². The van der Waals surface area contributed by atoms with Crippen LogP contribution in [-0.4, -0.2) is 57.7 Å². The number of aromatic nitrogens is 7. The van der Waals surface area contributed by atoms with E-state index in [1.807, 2.05) is 17.0 Å². The quantitative estimate of drug-likeness (QED) is 0.376. The molecule has 5 aromatic rings. The predicted octanol–water partition coefficient (Wildman–Crippen LogP) is 3.85. The number of carbonyl (C=O) groups is 1. The number of anilines is 1. The van der Waals surface area contributed by atoms with E-state index in [4.69, 9.17) is 10.7 Å². The summed E-state index contributed by atoms with van der Waals surface area (Å²) in [5.74, 6) is 0.538. The zero-order valence-corrected chi connectivity index (χ0v) is 20.3.